The number of benzene rings is 1. The summed E-state index contributed by atoms with van der Waals surface area (Å²) in [6.45, 7) is 0. The van der Waals surface area contributed by atoms with Crippen LogP contribution in [0.5, 0.6) is 0 Å². The predicted octanol–water partition coefficient (Wildman–Crippen LogP) is 1.35. The van der Waals surface area contributed by atoms with E-state index in [1.54, 1.807) is 0 Å². The van der Waals surface area contributed by atoms with E-state index in [1.165, 1.54) is 12.1 Å². The molecule has 1 unspecified atom stereocenters. The fourth-order valence-electron chi connectivity index (χ4n) is 2.51. The minimum Gasteiger partial charge on any atom is -0.823 e. The van der Waals surface area contributed by atoms with E-state index in [-0.39, 0.29) is 16.2 Å². The molecule has 0 saturated carbocycles. The molecule has 6 nitrogen and oxygen atoms in total. The van der Waals surface area contributed by atoms with Gasteiger partial charge in [-0.05, 0) is 17.7 Å². The minimum atomic E-state index is -5.14. The van der Waals surface area contributed by atoms with Gasteiger partial charge < -0.3 is 14.7 Å². The SMILES string of the molecule is COC(=O)C1=C(C(F)(F)F)ON2C(=O)c3cc(Br)ccc3C12[O-]. The molecule has 0 bridgehead atoms. The molecule has 1 aromatic rings. The summed E-state index contributed by atoms with van der Waals surface area (Å²) in [4.78, 5) is 28.4. The number of alkyl halides is 3. The van der Waals surface area contributed by atoms with Crippen molar-refractivity contribution in [1.82, 2.24) is 5.06 Å². The zero-order chi connectivity index (χ0) is 17.2. The van der Waals surface area contributed by atoms with Crippen molar-refractivity contribution in [3.63, 3.8) is 0 Å². The van der Waals surface area contributed by atoms with Gasteiger partial charge in [0, 0.05) is 10.0 Å². The normalized spacial score (nSPS) is 22.9. The van der Waals surface area contributed by atoms with E-state index in [0.717, 1.165) is 13.2 Å². The predicted molar refractivity (Wildman–Crippen MR) is 68.2 cm³/mol. The van der Waals surface area contributed by atoms with E-state index in [4.69, 9.17) is 0 Å². The molecular weight excluding hydrogens is 387 g/mol. The third-order valence-electron chi connectivity index (χ3n) is 3.44. The van der Waals surface area contributed by atoms with Crippen LogP contribution >= 0.6 is 15.9 Å². The zero-order valence-electron chi connectivity index (χ0n) is 11.2. The number of carbonyl (C=O) groups is 2. The Bertz CT molecular complexity index is 775. The zero-order valence-corrected chi connectivity index (χ0v) is 12.8. The Morgan fingerprint density at radius 2 is 2.09 bits per heavy atom. The molecule has 122 valence electrons. The molecule has 0 aromatic heterocycles. The van der Waals surface area contributed by atoms with Gasteiger partial charge >= 0.3 is 12.1 Å². The van der Waals surface area contributed by atoms with Crippen molar-refractivity contribution in [3.8, 4) is 0 Å². The van der Waals surface area contributed by atoms with Gasteiger partial charge in [-0.1, -0.05) is 22.0 Å². The number of hydrogen-bond donors (Lipinski definition) is 0. The van der Waals surface area contributed by atoms with E-state index in [9.17, 15) is 27.9 Å². The summed E-state index contributed by atoms with van der Waals surface area (Å²) in [6, 6.07) is 3.80. The number of fused-ring (bicyclic) bond motifs is 3. The van der Waals surface area contributed by atoms with Crippen LogP contribution in [0.2, 0.25) is 0 Å². The standard InChI is InChI=1S/C13H6BrF3NO5/c1-22-11(20)8-9(13(15,16)17)23-18-10(19)6-4-5(14)2-3-7(6)12(8,18)21/h2-4H,1H3/q-1. The van der Waals surface area contributed by atoms with Crippen LogP contribution in [0.1, 0.15) is 15.9 Å². The average Bonchev–Trinajstić information content (AvgIpc) is 2.88. The number of amides is 1. The van der Waals surface area contributed by atoms with Crippen LogP contribution in [-0.2, 0) is 20.1 Å². The lowest BCUT2D eigenvalue weighted by molar-refractivity contribution is -0.524. The van der Waals surface area contributed by atoms with E-state index in [0.29, 0.717) is 4.47 Å². The molecule has 1 atom stereocenters. The number of ether oxygens (including phenoxy) is 1. The molecule has 0 spiro atoms. The van der Waals surface area contributed by atoms with Crippen molar-refractivity contribution < 1.29 is 37.4 Å². The molecule has 0 radical (unpaired) electrons. The first-order valence-electron chi connectivity index (χ1n) is 6.05. The van der Waals surface area contributed by atoms with Crippen LogP contribution in [0.3, 0.4) is 0 Å². The average molecular weight is 393 g/mol. The van der Waals surface area contributed by atoms with E-state index in [1.807, 2.05) is 0 Å². The molecule has 1 amide bonds. The number of hydroxylamine groups is 2. The van der Waals surface area contributed by atoms with Crippen molar-refractivity contribution >= 4 is 27.8 Å². The maximum atomic E-state index is 13.1. The highest BCUT2D eigenvalue weighted by Gasteiger charge is 2.60. The van der Waals surface area contributed by atoms with E-state index in [2.05, 4.69) is 25.5 Å². The lowest BCUT2D eigenvalue weighted by atomic mass is 9.93. The highest BCUT2D eigenvalue weighted by Crippen LogP contribution is 2.50. The summed E-state index contributed by atoms with van der Waals surface area (Å²) >= 11 is 3.09. The highest BCUT2D eigenvalue weighted by molar-refractivity contribution is 9.10. The molecule has 23 heavy (non-hydrogen) atoms. The smallest absolute Gasteiger partial charge is 0.452 e. The van der Waals surface area contributed by atoms with Gasteiger partial charge in [0.15, 0.2) is 0 Å². The topological polar surface area (TPSA) is 78.9 Å². The van der Waals surface area contributed by atoms with Crippen LogP contribution in [0.15, 0.2) is 34.0 Å². The Labute approximate surface area is 135 Å². The van der Waals surface area contributed by atoms with Gasteiger partial charge in [-0.2, -0.15) is 18.2 Å². The molecular formula is C13H6BrF3NO5-. The number of allylic oxidation sites excluding steroid dienone is 1. The Hall–Kier alpha value is -2.07. The first-order chi connectivity index (χ1) is 10.6. The number of hydrogen-bond acceptors (Lipinski definition) is 5. The fourth-order valence-corrected chi connectivity index (χ4v) is 2.87. The molecule has 3 rings (SSSR count). The largest absolute Gasteiger partial charge is 0.823 e. The number of carbonyl (C=O) groups excluding carboxylic acids is 2. The van der Waals surface area contributed by atoms with Crippen molar-refractivity contribution in [3.05, 3.63) is 45.1 Å². The molecule has 2 heterocycles. The molecule has 10 heteroatoms. The van der Waals surface area contributed by atoms with Crippen LogP contribution in [-0.4, -0.2) is 30.2 Å². The van der Waals surface area contributed by atoms with Crippen LogP contribution in [0, 0.1) is 0 Å². The summed E-state index contributed by atoms with van der Waals surface area (Å²) in [6.07, 6.45) is -5.14. The number of methoxy groups -OCH3 is 1. The first kappa shape index (κ1) is 15.8. The van der Waals surface area contributed by atoms with Crippen molar-refractivity contribution in [2.75, 3.05) is 7.11 Å². The Morgan fingerprint density at radius 1 is 1.43 bits per heavy atom. The Kier molecular flexibility index (Phi) is 3.24. The molecule has 1 aromatic carbocycles. The summed E-state index contributed by atoms with van der Waals surface area (Å²) in [5.74, 6) is -4.43. The van der Waals surface area contributed by atoms with Gasteiger partial charge in [-0.3, -0.25) is 4.79 Å². The molecule has 2 aliphatic heterocycles. The van der Waals surface area contributed by atoms with Crippen LogP contribution in [0.4, 0.5) is 13.2 Å². The monoisotopic (exact) mass is 392 g/mol. The maximum Gasteiger partial charge on any atom is 0.452 e. The summed E-state index contributed by atoms with van der Waals surface area (Å²) in [5.41, 5.74) is -4.73. The van der Waals surface area contributed by atoms with Gasteiger partial charge in [0.25, 0.3) is 5.91 Å². The molecule has 0 saturated heterocycles. The van der Waals surface area contributed by atoms with Crippen LogP contribution < -0.4 is 5.11 Å². The van der Waals surface area contributed by atoms with Crippen molar-refractivity contribution in [2.45, 2.75) is 11.9 Å². The third-order valence-corrected chi connectivity index (χ3v) is 3.94. The number of esters is 1. The van der Waals surface area contributed by atoms with Crippen molar-refractivity contribution in [1.29, 1.82) is 0 Å². The second-order valence-corrected chi connectivity index (χ2v) is 5.63. The van der Waals surface area contributed by atoms with Gasteiger partial charge in [0.1, 0.15) is 5.57 Å². The van der Waals surface area contributed by atoms with Gasteiger partial charge in [0.2, 0.25) is 5.76 Å². The molecule has 0 aliphatic carbocycles. The molecule has 2 aliphatic rings. The van der Waals surface area contributed by atoms with Gasteiger partial charge in [0.05, 0.1) is 12.8 Å². The second-order valence-electron chi connectivity index (χ2n) is 4.72. The summed E-state index contributed by atoms with van der Waals surface area (Å²) < 4.78 is 44.0. The minimum absolute atomic E-state index is 0.0131. The molecule has 0 N–H and O–H groups in total. The van der Waals surface area contributed by atoms with Gasteiger partial charge in [-0.15, -0.1) is 0 Å². The molecule has 0 fully saturated rings. The summed E-state index contributed by atoms with van der Waals surface area (Å²) in [5, 5.41) is 13.1. The number of rotatable bonds is 1. The summed E-state index contributed by atoms with van der Waals surface area (Å²) in [7, 11) is 0.828. The Morgan fingerprint density at radius 3 is 2.65 bits per heavy atom. The lowest BCUT2D eigenvalue weighted by Gasteiger charge is -2.37. The van der Waals surface area contributed by atoms with Crippen LogP contribution in [0.25, 0.3) is 0 Å². The second kappa shape index (κ2) is 4.71. The van der Waals surface area contributed by atoms with E-state index < -0.39 is 35.1 Å². The van der Waals surface area contributed by atoms with E-state index >= 15 is 0 Å². The lowest BCUT2D eigenvalue weighted by Crippen LogP contribution is -2.52. The fraction of sp³-hybridized carbons (Fsp3) is 0.231. The number of halogens is 4. The van der Waals surface area contributed by atoms with Gasteiger partial charge in [-0.25, -0.2) is 4.79 Å². The maximum absolute atomic E-state index is 13.1. The first-order valence-corrected chi connectivity index (χ1v) is 6.85. The van der Waals surface area contributed by atoms with Crippen molar-refractivity contribution in [2.24, 2.45) is 0 Å². The quantitative estimate of drug-likeness (QED) is 0.674. The highest BCUT2D eigenvalue weighted by atomic mass is 79.9. The number of nitrogens with zero attached hydrogens (tertiary/aromatic N) is 1. The third kappa shape index (κ3) is 1.98. The Balaban J connectivity index is 2.30.